The Morgan fingerprint density at radius 3 is 2.47 bits per heavy atom. The summed E-state index contributed by atoms with van der Waals surface area (Å²) in [6, 6.07) is 5.66. The minimum Gasteiger partial charge on any atom is -0.481 e. The summed E-state index contributed by atoms with van der Waals surface area (Å²) in [7, 11) is 0. The Bertz CT molecular complexity index is 482. The van der Waals surface area contributed by atoms with Crippen molar-refractivity contribution in [3.63, 3.8) is 0 Å². The summed E-state index contributed by atoms with van der Waals surface area (Å²) in [6.45, 7) is 3.98. The number of hydrogen-bond donors (Lipinski definition) is 2. The summed E-state index contributed by atoms with van der Waals surface area (Å²) < 4.78 is 0. The van der Waals surface area contributed by atoms with E-state index < -0.39 is 11.9 Å². The SMILES string of the molecule is Cc1ccc(NC(=O)[C@@H]2C[C@@H]2C(=O)O)cc1C. The maximum Gasteiger partial charge on any atom is 0.307 e. The molecule has 1 aliphatic rings. The van der Waals surface area contributed by atoms with E-state index in [0.29, 0.717) is 6.42 Å². The lowest BCUT2D eigenvalue weighted by Crippen LogP contribution is -2.16. The molecule has 0 heterocycles. The molecule has 2 rings (SSSR count). The molecule has 1 amide bonds. The van der Waals surface area contributed by atoms with Crippen LogP contribution in [0, 0.1) is 25.7 Å². The van der Waals surface area contributed by atoms with Crippen molar-refractivity contribution in [1.29, 1.82) is 0 Å². The molecule has 1 saturated carbocycles. The van der Waals surface area contributed by atoms with Gasteiger partial charge >= 0.3 is 5.97 Å². The fourth-order valence-electron chi connectivity index (χ4n) is 1.81. The molecule has 0 radical (unpaired) electrons. The van der Waals surface area contributed by atoms with E-state index in [0.717, 1.165) is 16.8 Å². The van der Waals surface area contributed by atoms with Crippen molar-refractivity contribution >= 4 is 17.6 Å². The van der Waals surface area contributed by atoms with Gasteiger partial charge in [-0.15, -0.1) is 0 Å². The van der Waals surface area contributed by atoms with Gasteiger partial charge in [0.25, 0.3) is 0 Å². The van der Waals surface area contributed by atoms with Gasteiger partial charge in [0, 0.05) is 5.69 Å². The average Bonchev–Trinajstić information content (AvgIpc) is 3.03. The molecule has 1 fully saturated rings. The molecular weight excluding hydrogens is 218 g/mol. The van der Waals surface area contributed by atoms with Crippen molar-refractivity contribution in [2.75, 3.05) is 5.32 Å². The Morgan fingerprint density at radius 2 is 1.94 bits per heavy atom. The van der Waals surface area contributed by atoms with Crippen LogP contribution in [0.2, 0.25) is 0 Å². The summed E-state index contributed by atoms with van der Waals surface area (Å²) >= 11 is 0. The highest BCUT2D eigenvalue weighted by atomic mass is 16.4. The highest BCUT2D eigenvalue weighted by Crippen LogP contribution is 2.39. The molecule has 90 valence electrons. The summed E-state index contributed by atoms with van der Waals surface area (Å²) in [5.74, 6) is -1.94. The van der Waals surface area contributed by atoms with Crippen LogP contribution in [-0.2, 0) is 9.59 Å². The smallest absolute Gasteiger partial charge is 0.307 e. The van der Waals surface area contributed by atoms with Crippen LogP contribution in [0.3, 0.4) is 0 Å². The number of aryl methyl sites for hydroxylation is 2. The zero-order chi connectivity index (χ0) is 12.6. The molecule has 2 atom stereocenters. The summed E-state index contributed by atoms with van der Waals surface area (Å²) in [6.07, 6.45) is 0.450. The van der Waals surface area contributed by atoms with Crippen molar-refractivity contribution in [1.82, 2.24) is 0 Å². The van der Waals surface area contributed by atoms with E-state index in [9.17, 15) is 9.59 Å². The van der Waals surface area contributed by atoms with Gasteiger partial charge in [0.2, 0.25) is 5.91 Å². The number of carboxylic acid groups (broad SMARTS) is 1. The van der Waals surface area contributed by atoms with Crippen LogP contribution >= 0.6 is 0 Å². The summed E-state index contributed by atoms with van der Waals surface area (Å²) in [5.41, 5.74) is 3.00. The van der Waals surface area contributed by atoms with Gasteiger partial charge in [0.15, 0.2) is 0 Å². The van der Waals surface area contributed by atoms with E-state index in [2.05, 4.69) is 5.32 Å². The largest absolute Gasteiger partial charge is 0.481 e. The summed E-state index contributed by atoms with van der Waals surface area (Å²) in [4.78, 5) is 22.4. The molecular formula is C13H15NO3. The van der Waals surface area contributed by atoms with Crippen LogP contribution in [0.15, 0.2) is 18.2 Å². The molecule has 0 unspecified atom stereocenters. The van der Waals surface area contributed by atoms with Crippen molar-refractivity contribution in [2.45, 2.75) is 20.3 Å². The molecule has 1 aromatic carbocycles. The van der Waals surface area contributed by atoms with Crippen LogP contribution in [0.1, 0.15) is 17.5 Å². The van der Waals surface area contributed by atoms with Crippen molar-refractivity contribution in [3.8, 4) is 0 Å². The number of anilines is 1. The minimum absolute atomic E-state index is 0.194. The van der Waals surface area contributed by atoms with Gasteiger partial charge in [-0.2, -0.15) is 0 Å². The molecule has 0 aliphatic heterocycles. The molecule has 0 spiro atoms. The van der Waals surface area contributed by atoms with E-state index in [1.807, 2.05) is 32.0 Å². The van der Waals surface area contributed by atoms with Crippen molar-refractivity contribution in [3.05, 3.63) is 29.3 Å². The first kappa shape index (κ1) is 11.6. The van der Waals surface area contributed by atoms with Gasteiger partial charge in [-0.3, -0.25) is 9.59 Å². The topological polar surface area (TPSA) is 66.4 Å². The number of rotatable bonds is 3. The number of amides is 1. The number of aliphatic carboxylic acids is 1. The Morgan fingerprint density at radius 1 is 1.24 bits per heavy atom. The maximum absolute atomic E-state index is 11.7. The van der Waals surface area contributed by atoms with Crippen molar-refractivity contribution in [2.24, 2.45) is 11.8 Å². The van der Waals surface area contributed by atoms with Crippen LogP contribution in [0.25, 0.3) is 0 Å². The quantitative estimate of drug-likeness (QED) is 0.838. The molecule has 4 heteroatoms. The number of carbonyl (C=O) groups excluding carboxylic acids is 1. The van der Waals surface area contributed by atoms with Gasteiger partial charge in [0.05, 0.1) is 11.8 Å². The van der Waals surface area contributed by atoms with E-state index in [1.165, 1.54) is 0 Å². The Balaban J connectivity index is 2.00. The van der Waals surface area contributed by atoms with Gasteiger partial charge in [-0.25, -0.2) is 0 Å². The van der Waals surface area contributed by atoms with Gasteiger partial charge in [-0.1, -0.05) is 6.07 Å². The number of carboxylic acids is 1. The molecule has 0 bridgehead atoms. The Hall–Kier alpha value is -1.84. The first-order valence-corrected chi connectivity index (χ1v) is 5.60. The van der Waals surface area contributed by atoms with E-state index in [4.69, 9.17) is 5.11 Å². The molecule has 17 heavy (non-hydrogen) atoms. The molecule has 4 nitrogen and oxygen atoms in total. The number of carbonyl (C=O) groups is 2. The fourth-order valence-corrected chi connectivity index (χ4v) is 1.81. The number of nitrogens with one attached hydrogen (secondary N) is 1. The highest BCUT2D eigenvalue weighted by Gasteiger charge is 2.48. The average molecular weight is 233 g/mol. The Kier molecular flexibility index (Phi) is 2.88. The predicted molar refractivity (Wildman–Crippen MR) is 63.8 cm³/mol. The highest BCUT2D eigenvalue weighted by molar-refractivity contribution is 5.98. The third-order valence-electron chi connectivity index (χ3n) is 3.22. The molecule has 1 aromatic rings. The standard InChI is InChI=1S/C13H15NO3/c1-7-3-4-9(5-8(7)2)14-12(15)10-6-11(10)13(16)17/h3-5,10-11H,6H2,1-2H3,(H,14,15)(H,16,17)/t10-,11+/m1/s1. The minimum atomic E-state index is -0.884. The van der Waals surface area contributed by atoms with Crippen LogP contribution in [0.4, 0.5) is 5.69 Å². The molecule has 2 N–H and O–H groups in total. The third kappa shape index (κ3) is 2.46. The second kappa shape index (κ2) is 4.20. The predicted octanol–water partition coefficient (Wildman–Crippen LogP) is 1.96. The van der Waals surface area contributed by atoms with E-state index in [1.54, 1.807) is 0 Å². The van der Waals surface area contributed by atoms with Gasteiger partial charge in [0.1, 0.15) is 0 Å². The lowest BCUT2D eigenvalue weighted by molar-refractivity contribution is -0.139. The van der Waals surface area contributed by atoms with E-state index >= 15 is 0 Å². The van der Waals surface area contributed by atoms with Crippen molar-refractivity contribution < 1.29 is 14.7 Å². The van der Waals surface area contributed by atoms with Gasteiger partial charge in [-0.05, 0) is 43.5 Å². The normalized spacial score (nSPS) is 22.0. The zero-order valence-electron chi connectivity index (χ0n) is 9.86. The monoisotopic (exact) mass is 233 g/mol. The third-order valence-corrected chi connectivity index (χ3v) is 3.22. The fraction of sp³-hybridized carbons (Fsp3) is 0.385. The molecule has 0 saturated heterocycles. The maximum atomic E-state index is 11.7. The molecule has 1 aliphatic carbocycles. The number of benzene rings is 1. The zero-order valence-corrected chi connectivity index (χ0v) is 9.86. The second-order valence-corrected chi connectivity index (χ2v) is 4.58. The summed E-state index contributed by atoms with van der Waals surface area (Å²) in [5, 5.41) is 11.5. The van der Waals surface area contributed by atoms with Crippen LogP contribution < -0.4 is 5.32 Å². The number of hydrogen-bond acceptors (Lipinski definition) is 2. The molecule has 0 aromatic heterocycles. The second-order valence-electron chi connectivity index (χ2n) is 4.58. The lowest BCUT2D eigenvalue weighted by atomic mass is 10.1. The Labute approximate surface area is 99.6 Å². The lowest BCUT2D eigenvalue weighted by Gasteiger charge is -2.07. The van der Waals surface area contributed by atoms with E-state index in [-0.39, 0.29) is 11.8 Å². The first-order chi connectivity index (χ1) is 7.99. The van der Waals surface area contributed by atoms with Gasteiger partial charge < -0.3 is 10.4 Å². The van der Waals surface area contributed by atoms with Crippen LogP contribution in [0.5, 0.6) is 0 Å². The van der Waals surface area contributed by atoms with Crippen LogP contribution in [-0.4, -0.2) is 17.0 Å². The first-order valence-electron chi connectivity index (χ1n) is 5.60.